The van der Waals surface area contributed by atoms with Gasteiger partial charge in [0.25, 0.3) is 11.6 Å². The van der Waals surface area contributed by atoms with Crippen LogP contribution < -0.4 is 4.74 Å². The van der Waals surface area contributed by atoms with Gasteiger partial charge >= 0.3 is 12.1 Å². The van der Waals surface area contributed by atoms with Crippen LogP contribution in [0.2, 0.25) is 0 Å². The number of esters is 1. The van der Waals surface area contributed by atoms with Gasteiger partial charge in [-0.1, -0.05) is 0 Å². The molecule has 0 saturated carbocycles. The summed E-state index contributed by atoms with van der Waals surface area (Å²) in [5.41, 5.74) is -2.27. The molecule has 1 heterocycles. The molecule has 0 aliphatic rings. The van der Waals surface area contributed by atoms with Crippen LogP contribution in [0.3, 0.4) is 0 Å². The number of nitrogens with zero attached hydrogens (tertiary/aromatic N) is 3. The lowest BCUT2D eigenvalue weighted by atomic mass is 10.1. The van der Waals surface area contributed by atoms with Gasteiger partial charge in [0, 0.05) is 25.4 Å². The molecule has 0 bridgehead atoms. The summed E-state index contributed by atoms with van der Waals surface area (Å²) >= 11 is 0. The molecule has 0 N–H and O–H groups in total. The number of benzene rings is 1. The van der Waals surface area contributed by atoms with Gasteiger partial charge in [0.1, 0.15) is 16.9 Å². The normalized spacial score (nSPS) is 11.2. The molecule has 0 amide bonds. The second kappa shape index (κ2) is 6.79. The molecule has 2 rings (SSSR count). The van der Waals surface area contributed by atoms with Crippen LogP contribution in [0.25, 0.3) is 0 Å². The van der Waals surface area contributed by atoms with Crippen LogP contribution in [0.15, 0.2) is 24.4 Å². The van der Waals surface area contributed by atoms with E-state index in [1.807, 2.05) is 0 Å². The summed E-state index contributed by atoms with van der Waals surface area (Å²) < 4.78 is 50.5. The van der Waals surface area contributed by atoms with Crippen LogP contribution in [-0.2, 0) is 18.0 Å². The van der Waals surface area contributed by atoms with Gasteiger partial charge in [0.05, 0.1) is 11.5 Å². The average molecular weight is 359 g/mol. The number of carbonyl (C=O) groups is 1. The van der Waals surface area contributed by atoms with Crippen molar-refractivity contribution >= 4 is 11.7 Å². The molecule has 25 heavy (non-hydrogen) atoms. The minimum atomic E-state index is -4.90. The van der Waals surface area contributed by atoms with Crippen LogP contribution >= 0.6 is 0 Å². The first-order valence-corrected chi connectivity index (χ1v) is 6.87. The van der Waals surface area contributed by atoms with E-state index in [4.69, 9.17) is 9.47 Å². The van der Waals surface area contributed by atoms with Gasteiger partial charge in [0.2, 0.25) is 0 Å². The molecule has 11 heteroatoms. The summed E-state index contributed by atoms with van der Waals surface area (Å²) in [6, 6.07) is 2.00. The molecule has 0 aliphatic heterocycles. The van der Waals surface area contributed by atoms with E-state index >= 15 is 0 Å². The van der Waals surface area contributed by atoms with Crippen molar-refractivity contribution in [1.82, 2.24) is 9.78 Å². The maximum absolute atomic E-state index is 13.2. The predicted molar refractivity (Wildman–Crippen MR) is 77.3 cm³/mol. The van der Waals surface area contributed by atoms with Crippen LogP contribution in [0, 0.1) is 10.1 Å². The third-order valence-electron chi connectivity index (χ3n) is 2.98. The number of hydrogen-bond acceptors (Lipinski definition) is 6. The van der Waals surface area contributed by atoms with E-state index in [-0.39, 0.29) is 12.2 Å². The summed E-state index contributed by atoms with van der Waals surface area (Å²) in [5, 5.41) is 14.5. The number of nitro groups is 1. The summed E-state index contributed by atoms with van der Waals surface area (Å²) in [5.74, 6) is -1.94. The van der Waals surface area contributed by atoms with Crippen molar-refractivity contribution in [1.29, 1.82) is 0 Å². The molecule has 134 valence electrons. The van der Waals surface area contributed by atoms with Gasteiger partial charge in [-0.2, -0.15) is 13.2 Å². The highest BCUT2D eigenvalue weighted by atomic mass is 19.4. The monoisotopic (exact) mass is 359 g/mol. The van der Waals surface area contributed by atoms with Gasteiger partial charge < -0.3 is 9.47 Å². The predicted octanol–water partition coefficient (Wildman–Crippen LogP) is 3.32. The fourth-order valence-electron chi connectivity index (χ4n) is 1.94. The number of non-ortho nitro benzene ring substituents is 1. The third-order valence-corrected chi connectivity index (χ3v) is 2.98. The fraction of sp³-hybridized carbons (Fsp3) is 0.286. The van der Waals surface area contributed by atoms with Crippen LogP contribution in [-0.4, -0.2) is 27.3 Å². The maximum atomic E-state index is 13.2. The highest BCUT2D eigenvalue weighted by Crippen LogP contribution is 2.40. The van der Waals surface area contributed by atoms with Crippen molar-refractivity contribution in [3.63, 3.8) is 0 Å². The molecular formula is C14H12F3N3O5. The molecule has 1 aromatic carbocycles. The van der Waals surface area contributed by atoms with Gasteiger partial charge in [-0.3, -0.25) is 14.8 Å². The summed E-state index contributed by atoms with van der Waals surface area (Å²) in [4.78, 5) is 21.6. The lowest BCUT2D eigenvalue weighted by Crippen LogP contribution is -2.09. The largest absolute Gasteiger partial charge is 0.462 e. The minimum Gasteiger partial charge on any atom is -0.462 e. The van der Waals surface area contributed by atoms with Crippen LogP contribution in [0.4, 0.5) is 18.9 Å². The second-order valence-electron chi connectivity index (χ2n) is 4.78. The minimum absolute atomic E-state index is 0.0541. The highest BCUT2D eigenvalue weighted by molar-refractivity contribution is 5.91. The Hall–Kier alpha value is -3.11. The first kappa shape index (κ1) is 18.2. The van der Waals surface area contributed by atoms with Crippen molar-refractivity contribution < 1.29 is 32.4 Å². The van der Waals surface area contributed by atoms with E-state index in [1.54, 1.807) is 6.92 Å². The molecule has 0 spiro atoms. The number of carbonyl (C=O) groups excluding carboxylic acids is 1. The lowest BCUT2D eigenvalue weighted by molar-refractivity contribution is -0.385. The summed E-state index contributed by atoms with van der Waals surface area (Å²) in [6.07, 6.45) is -3.67. The Kier molecular flexibility index (Phi) is 4.95. The van der Waals surface area contributed by atoms with Crippen LogP contribution in [0.1, 0.15) is 22.8 Å². The van der Waals surface area contributed by atoms with Crippen molar-refractivity contribution in [2.45, 2.75) is 13.1 Å². The molecule has 0 saturated heterocycles. The first-order valence-electron chi connectivity index (χ1n) is 6.87. The highest BCUT2D eigenvalue weighted by Gasteiger charge is 2.37. The number of aromatic nitrogens is 2. The van der Waals surface area contributed by atoms with E-state index < -0.39 is 39.9 Å². The van der Waals surface area contributed by atoms with Gasteiger partial charge in [-0.25, -0.2) is 4.79 Å². The average Bonchev–Trinajstić information content (AvgIpc) is 2.87. The van der Waals surface area contributed by atoms with Gasteiger partial charge in [0.15, 0.2) is 0 Å². The second-order valence-corrected chi connectivity index (χ2v) is 4.78. The SMILES string of the molecule is CCOC(=O)c1cn(C)nc1Oc1ccc([N+](=O)[O-])cc1C(F)(F)F. The Balaban J connectivity index is 2.47. The quantitative estimate of drug-likeness (QED) is 0.462. The Morgan fingerprint density at radius 3 is 2.64 bits per heavy atom. The van der Waals surface area contributed by atoms with E-state index in [9.17, 15) is 28.1 Å². The number of hydrogen-bond donors (Lipinski definition) is 0. The zero-order chi connectivity index (χ0) is 18.8. The van der Waals surface area contributed by atoms with Crippen molar-refractivity contribution in [3.8, 4) is 11.6 Å². The Morgan fingerprint density at radius 1 is 1.40 bits per heavy atom. The lowest BCUT2D eigenvalue weighted by Gasteiger charge is -2.12. The topological polar surface area (TPSA) is 96.5 Å². The number of nitro benzene ring substituents is 1. The third kappa shape index (κ3) is 4.05. The molecule has 0 unspecified atom stereocenters. The van der Waals surface area contributed by atoms with E-state index in [2.05, 4.69) is 5.10 Å². The number of alkyl halides is 3. The molecule has 0 atom stereocenters. The molecule has 8 nitrogen and oxygen atoms in total. The van der Waals surface area contributed by atoms with E-state index in [0.29, 0.717) is 6.07 Å². The van der Waals surface area contributed by atoms with E-state index in [0.717, 1.165) is 12.1 Å². The van der Waals surface area contributed by atoms with Crippen molar-refractivity contribution in [2.75, 3.05) is 6.61 Å². The van der Waals surface area contributed by atoms with Crippen LogP contribution in [0.5, 0.6) is 11.6 Å². The molecule has 1 aromatic heterocycles. The molecule has 0 radical (unpaired) electrons. The molecular weight excluding hydrogens is 347 g/mol. The summed E-state index contributed by atoms with van der Waals surface area (Å²) in [6.45, 7) is 1.62. The Bertz CT molecular complexity index is 817. The molecule has 0 fully saturated rings. The Morgan fingerprint density at radius 2 is 2.08 bits per heavy atom. The fourth-order valence-corrected chi connectivity index (χ4v) is 1.94. The smallest absolute Gasteiger partial charge is 0.420 e. The Labute approximate surface area is 138 Å². The maximum Gasteiger partial charge on any atom is 0.420 e. The first-order chi connectivity index (χ1) is 11.6. The zero-order valence-electron chi connectivity index (χ0n) is 13.0. The molecule has 0 aliphatic carbocycles. The number of rotatable bonds is 5. The van der Waals surface area contributed by atoms with E-state index in [1.165, 1.54) is 17.9 Å². The zero-order valence-corrected chi connectivity index (χ0v) is 13.0. The number of ether oxygens (including phenoxy) is 2. The van der Waals surface area contributed by atoms with Crippen molar-refractivity contribution in [2.24, 2.45) is 7.05 Å². The molecule has 2 aromatic rings. The number of halogens is 3. The standard InChI is InChI=1S/C14H12F3N3O5/c1-3-24-13(21)9-7-19(2)18-12(9)25-11-5-4-8(20(22)23)6-10(11)14(15,16)17/h4-7H,3H2,1-2H3. The van der Waals surface area contributed by atoms with Gasteiger partial charge in [-0.05, 0) is 13.0 Å². The summed E-state index contributed by atoms with van der Waals surface area (Å²) in [7, 11) is 1.44. The van der Waals surface area contributed by atoms with Gasteiger partial charge in [-0.15, -0.1) is 5.10 Å². The van der Waals surface area contributed by atoms with Crippen molar-refractivity contribution in [3.05, 3.63) is 45.6 Å². The number of aryl methyl sites for hydroxylation is 1.